The maximum absolute atomic E-state index is 6.03. The van der Waals surface area contributed by atoms with Crippen LogP contribution in [-0.2, 0) is 9.47 Å². The summed E-state index contributed by atoms with van der Waals surface area (Å²) in [7, 11) is 1.71. The number of halogens is 1. The van der Waals surface area contributed by atoms with Gasteiger partial charge in [-0.25, -0.2) is 0 Å². The Morgan fingerprint density at radius 3 is 2.43 bits per heavy atom. The number of rotatable bonds is 9. The third-order valence-electron chi connectivity index (χ3n) is 2.44. The third kappa shape index (κ3) is 7.60. The highest BCUT2D eigenvalue weighted by atomic mass is 35.5. The Balaban J connectivity index is 3.25. The molecule has 86 valence electrons. The van der Waals surface area contributed by atoms with Crippen molar-refractivity contribution in [3.05, 3.63) is 0 Å². The van der Waals surface area contributed by atoms with Gasteiger partial charge in [-0.15, -0.1) is 11.6 Å². The average Bonchev–Trinajstić information content (AvgIpc) is 2.16. The molecule has 0 saturated carbocycles. The summed E-state index contributed by atoms with van der Waals surface area (Å²) in [5.41, 5.74) is 0. The minimum absolute atomic E-state index is 0.252. The Kier molecular flexibility index (Phi) is 9.90. The van der Waals surface area contributed by atoms with E-state index in [1.54, 1.807) is 7.11 Å². The SMILES string of the molecule is CCC(CCOCCCOC)C(C)Cl. The Morgan fingerprint density at radius 2 is 1.93 bits per heavy atom. The van der Waals surface area contributed by atoms with Gasteiger partial charge in [-0.2, -0.15) is 0 Å². The molecule has 2 nitrogen and oxygen atoms in total. The highest BCUT2D eigenvalue weighted by Gasteiger charge is 2.11. The lowest BCUT2D eigenvalue weighted by atomic mass is 10.00. The third-order valence-corrected chi connectivity index (χ3v) is 2.80. The summed E-state index contributed by atoms with van der Waals surface area (Å²) in [6.07, 6.45) is 3.17. The molecule has 0 aliphatic heterocycles. The van der Waals surface area contributed by atoms with Crippen molar-refractivity contribution in [3.8, 4) is 0 Å². The summed E-state index contributed by atoms with van der Waals surface area (Å²) in [6, 6.07) is 0. The van der Waals surface area contributed by atoms with Crippen molar-refractivity contribution in [2.75, 3.05) is 26.9 Å². The van der Waals surface area contributed by atoms with Crippen LogP contribution < -0.4 is 0 Å². The molecule has 0 spiro atoms. The monoisotopic (exact) mass is 222 g/mol. The second-order valence-electron chi connectivity index (χ2n) is 3.59. The second kappa shape index (κ2) is 9.75. The van der Waals surface area contributed by atoms with Gasteiger partial charge in [-0.05, 0) is 25.7 Å². The van der Waals surface area contributed by atoms with Crippen LogP contribution in [0.15, 0.2) is 0 Å². The van der Waals surface area contributed by atoms with Crippen molar-refractivity contribution < 1.29 is 9.47 Å². The van der Waals surface area contributed by atoms with E-state index in [9.17, 15) is 0 Å². The lowest BCUT2D eigenvalue weighted by Gasteiger charge is -2.16. The zero-order valence-corrected chi connectivity index (χ0v) is 10.3. The molecule has 0 aromatic carbocycles. The largest absolute Gasteiger partial charge is 0.385 e. The Labute approximate surface area is 92.9 Å². The fraction of sp³-hybridized carbons (Fsp3) is 1.00. The van der Waals surface area contributed by atoms with E-state index >= 15 is 0 Å². The van der Waals surface area contributed by atoms with Crippen LogP contribution in [0.1, 0.15) is 33.1 Å². The van der Waals surface area contributed by atoms with Crippen molar-refractivity contribution in [2.45, 2.75) is 38.5 Å². The van der Waals surface area contributed by atoms with Crippen molar-refractivity contribution in [3.63, 3.8) is 0 Å². The molecule has 0 bridgehead atoms. The molecular weight excluding hydrogens is 200 g/mol. The highest BCUT2D eigenvalue weighted by Crippen LogP contribution is 2.17. The first-order valence-corrected chi connectivity index (χ1v) is 5.86. The first-order valence-electron chi connectivity index (χ1n) is 5.43. The van der Waals surface area contributed by atoms with Gasteiger partial charge in [0.05, 0.1) is 0 Å². The molecule has 0 fully saturated rings. The van der Waals surface area contributed by atoms with E-state index in [1.807, 2.05) is 0 Å². The molecule has 0 aromatic heterocycles. The van der Waals surface area contributed by atoms with Crippen molar-refractivity contribution in [1.82, 2.24) is 0 Å². The highest BCUT2D eigenvalue weighted by molar-refractivity contribution is 6.20. The fourth-order valence-electron chi connectivity index (χ4n) is 1.40. The number of methoxy groups -OCH3 is 1. The van der Waals surface area contributed by atoms with Crippen LogP contribution in [0.2, 0.25) is 0 Å². The molecule has 14 heavy (non-hydrogen) atoms. The Bertz CT molecular complexity index is 118. The summed E-state index contributed by atoms with van der Waals surface area (Å²) in [5.74, 6) is 0.582. The minimum Gasteiger partial charge on any atom is -0.385 e. The van der Waals surface area contributed by atoms with Crippen LogP contribution in [0.3, 0.4) is 0 Å². The molecule has 0 rings (SSSR count). The molecule has 0 radical (unpaired) electrons. The van der Waals surface area contributed by atoms with Crippen LogP contribution >= 0.6 is 11.6 Å². The summed E-state index contributed by atoms with van der Waals surface area (Å²) >= 11 is 6.03. The molecular formula is C11H23ClO2. The summed E-state index contributed by atoms with van der Waals surface area (Å²) in [5, 5.41) is 0.252. The average molecular weight is 223 g/mol. The number of hydrogen-bond donors (Lipinski definition) is 0. The predicted molar refractivity (Wildman–Crippen MR) is 61.0 cm³/mol. The minimum atomic E-state index is 0.252. The maximum Gasteiger partial charge on any atom is 0.0487 e. The number of ether oxygens (including phenoxy) is 2. The molecule has 0 aliphatic rings. The van der Waals surface area contributed by atoms with Crippen LogP contribution in [0.25, 0.3) is 0 Å². The summed E-state index contributed by atoms with van der Waals surface area (Å²) in [6.45, 7) is 6.62. The van der Waals surface area contributed by atoms with E-state index < -0.39 is 0 Å². The molecule has 0 aliphatic carbocycles. The first kappa shape index (κ1) is 14.2. The van der Waals surface area contributed by atoms with Crippen molar-refractivity contribution >= 4 is 11.6 Å². The van der Waals surface area contributed by atoms with Crippen LogP contribution in [0.5, 0.6) is 0 Å². The smallest absolute Gasteiger partial charge is 0.0487 e. The molecule has 0 saturated heterocycles. The first-order chi connectivity index (χ1) is 6.72. The molecule has 2 unspecified atom stereocenters. The van der Waals surface area contributed by atoms with Crippen LogP contribution in [0.4, 0.5) is 0 Å². The Hall–Kier alpha value is 0.210. The molecule has 3 heteroatoms. The molecule has 0 heterocycles. The molecule has 2 atom stereocenters. The predicted octanol–water partition coefficient (Wildman–Crippen LogP) is 3.08. The molecule has 0 aromatic rings. The van der Waals surface area contributed by atoms with Crippen LogP contribution in [-0.4, -0.2) is 32.3 Å². The van der Waals surface area contributed by atoms with Gasteiger partial charge in [0.15, 0.2) is 0 Å². The van der Waals surface area contributed by atoms with Gasteiger partial charge in [-0.3, -0.25) is 0 Å². The van der Waals surface area contributed by atoms with Gasteiger partial charge in [-0.1, -0.05) is 13.3 Å². The Morgan fingerprint density at radius 1 is 1.21 bits per heavy atom. The van der Waals surface area contributed by atoms with Crippen LogP contribution in [0, 0.1) is 5.92 Å². The molecule has 0 N–H and O–H groups in total. The van der Waals surface area contributed by atoms with Crippen molar-refractivity contribution in [2.24, 2.45) is 5.92 Å². The summed E-state index contributed by atoms with van der Waals surface area (Å²) < 4.78 is 10.4. The lowest BCUT2D eigenvalue weighted by molar-refractivity contribution is 0.0932. The summed E-state index contributed by atoms with van der Waals surface area (Å²) in [4.78, 5) is 0. The van der Waals surface area contributed by atoms with Gasteiger partial charge in [0.1, 0.15) is 0 Å². The van der Waals surface area contributed by atoms with E-state index in [0.717, 1.165) is 39.1 Å². The van der Waals surface area contributed by atoms with Gasteiger partial charge >= 0.3 is 0 Å². The number of hydrogen-bond acceptors (Lipinski definition) is 2. The molecule has 0 amide bonds. The van der Waals surface area contributed by atoms with Gasteiger partial charge < -0.3 is 9.47 Å². The zero-order valence-electron chi connectivity index (χ0n) is 9.59. The van der Waals surface area contributed by atoms with Gasteiger partial charge in [0.2, 0.25) is 0 Å². The van der Waals surface area contributed by atoms with Gasteiger partial charge in [0.25, 0.3) is 0 Å². The standard InChI is InChI=1S/C11H23ClO2/c1-4-11(10(2)12)6-9-14-8-5-7-13-3/h10-11H,4-9H2,1-3H3. The normalized spacial score (nSPS) is 15.4. The lowest BCUT2D eigenvalue weighted by Crippen LogP contribution is -2.13. The van der Waals surface area contributed by atoms with E-state index in [2.05, 4.69) is 13.8 Å². The quantitative estimate of drug-likeness (QED) is 0.441. The maximum atomic E-state index is 6.03. The fourth-order valence-corrected chi connectivity index (χ4v) is 1.70. The van der Waals surface area contributed by atoms with Gasteiger partial charge in [0, 0.05) is 32.3 Å². The van der Waals surface area contributed by atoms with E-state index in [1.165, 1.54) is 0 Å². The second-order valence-corrected chi connectivity index (χ2v) is 4.28. The van der Waals surface area contributed by atoms with E-state index in [-0.39, 0.29) is 5.38 Å². The topological polar surface area (TPSA) is 18.5 Å². The number of alkyl halides is 1. The van der Waals surface area contributed by atoms with E-state index in [4.69, 9.17) is 21.1 Å². The van der Waals surface area contributed by atoms with E-state index in [0.29, 0.717) is 5.92 Å². The van der Waals surface area contributed by atoms with Crippen molar-refractivity contribution in [1.29, 1.82) is 0 Å². The zero-order chi connectivity index (χ0) is 10.8.